The maximum atomic E-state index is 12.0. The van der Waals surface area contributed by atoms with E-state index in [1.807, 2.05) is 38.1 Å². The highest BCUT2D eigenvalue weighted by atomic mass is 16.5. The monoisotopic (exact) mass is 257 g/mol. The summed E-state index contributed by atoms with van der Waals surface area (Å²) in [5.41, 5.74) is 2.26. The van der Waals surface area contributed by atoms with E-state index in [4.69, 9.17) is 4.74 Å². The molecule has 0 N–H and O–H groups in total. The summed E-state index contributed by atoms with van der Waals surface area (Å²) in [5, 5.41) is 0. The van der Waals surface area contributed by atoms with Crippen molar-refractivity contribution in [3.63, 3.8) is 0 Å². The molecule has 0 unspecified atom stereocenters. The van der Waals surface area contributed by atoms with Crippen LogP contribution in [0.5, 0.6) is 0 Å². The van der Waals surface area contributed by atoms with Gasteiger partial charge < -0.3 is 4.74 Å². The predicted octanol–water partition coefficient (Wildman–Crippen LogP) is 3.00. The first-order valence-corrected chi connectivity index (χ1v) is 5.87. The molecule has 1 amide bonds. The number of anilines is 2. The number of carbonyl (C=O) groups excluding carboxylic acids is 1. The third kappa shape index (κ3) is 2.88. The number of nitrogens with zero attached hydrogens (tertiary/aromatic N) is 3. The first-order valence-electron chi connectivity index (χ1n) is 5.87. The molecule has 0 saturated carbocycles. The number of carbonyl (C=O) groups is 1. The smallest absolute Gasteiger partial charge is 0.421 e. The number of methoxy groups -OCH3 is 1. The Morgan fingerprint density at radius 1 is 1.11 bits per heavy atom. The van der Waals surface area contributed by atoms with Gasteiger partial charge in [0.1, 0.15) is 0 Å². The summed E-state index contributed by atoms with van der Waals surface area (Å²) in [5.74, 6) is 0.315. The van der Waals surface area contributed by atoms with Gasteiger partial charge in [0.05, 0.1) is 12.8 Å². The lowest BCUT2D eigenvalue weighted by atomic mass is 10.3. The van der Waals surface area contributed by atoms with Crippen LogP contribution < -0.4 is 4.90 Å². The number of hydrogen-bond donors (Lipinski definition) is 0. The molecule has 0 fully saturated rings. The van der Waals surface area contributed by atoms with Crippen molar-refractivity contribution >= 4 is 17.7 Å². The third-order valence-corrected chi connectivity index (χ3v) is 2.54. The lowest BCUT2D eigenvalue weighted by Crippen LogP contribution is -2.27. The standard InChI is InChI=1S/C14H15N3O2/c1-10-9-11(2)16-13(15-10)17(14(18)19-3)12-7-5-4-6-8-12/h4-9H,1-3H3. The van der Waals surface area contributed by atoms with Gasteiger partial charge >= 0.3 is 6.09 Å². The zero-order valence-electron chi connectivity index (χ0n) is 11.1. The van der Waals surface area contributed by atoms with Gasteiger partial charge in [-0.1, -0.05) is 18.2 Å². The molecule has 0 atom stereocenters. The molecule has 5 heteroatoms. The lowest BCUT2D eigenvalue weighted by Gasteiger charge is -2.19. The Bertz CT molecular complexity index is 564. The molecular formula is C14H15N3O2. The van der Waals surface area contributed by atoms with E-state index in [0.29, 0.717) is 11.6 Å². The number of aryl methyl sites for hydroxylation is 2. The number of amides is 1. The van der Waals surface area contributed by atoms with E-state index < -0.39 is 6.09 Å². The molecule has 0 spiro atoms. The number of para-hydroxylation sites is 1. The van der Waals surface area contributed by atoms with Gasteiger partial charge in [-0.05, 0) is 32.0 Å². The number of aromatic nitrogens is 2. The summed E-state index contributed by atoms with van der Waals surface area (Å²) in [4.78, 5) is 21.9. The van der Waals surface area contributed by atoms with Crippen LogP contribution in [-0.2, 0) is 4.74 Å². The fourth-order valence-corrected chi connectivity index (χ4v) is 1.78. The quantitative estimate of drug-likeness (QED) is 0.829. The van der Waals surface area contributed by atoms with Gasteiger partial charge in [0.15, 0.2) is 0 Å². The van der Waals surface area contributed by atoms with Gasteiger partial charge in [0.25, 0.3) is 0 Å². The first-order chi connectivity index (χ1) is 9.11. The molecule has 0 aliphatic heterocycles. The third-order valence-electron chi connectivity index (χ3n) is 2.54. The summed E-state index contributed by atoms with van der Waals surface area (Å²) in [6.45, 7) is 3.72. The fraction of sp³-hybridized carbons (Fsp3) is 0.214. The van der Waals surface area contributed by atoms with Gasteiger partial charge in [-0.25, -0.2) is 19.7 Å². The van der Waals surface area contributed by atoms with Crippen molar-refractivity contribution in [3.05, 3.63) is 47.8 Å². The summed E-state index contributed by atoms with van der Waals surface area (Å²) < 4.78 is 4.81. The molecule has 0 aliphatic rings. The Morgan fingerprint density at radius 3 is 2.21 bits per heavy atom. The zero-order valence-corrected chi connectivity index (χ0v) is 11.1. The van der Waals surface area contributed by atoms with Crippen LogP contribution >= 0.6 is 0 Å². The second kappa shape index (κ2) is 5.48. The minimum atomic E-state index is -0.517. The summed E-state index contributed by atoms with van der Waals surface area (Å²) >= 11 is 0. The molecule has 5 nitrogen and oxygen atoms in total. The highest BCUT2D eigenvalue weighted by Gasteiger charge is 2.21. The molecule has 1 heterocycles. The maximum absolute atomic E-state index is 12.0. The van der Waals surface area contributed by atoms with Crippen molar-refractivity contribution in [3.8, 4) is 0 Å². The van der Waals surface area contributed by atoms with Gasteiger partial charge in [0, 0.05) is 11.4 Å². The normalized spacial score (nSPS) is 10.1. The fourth-order valence-electron chi connectivity index (χ4n) is 1.78. The van der Waals surface area contributed by atoms with Crippen LogP contribution in [0, 0.1) is 13.8 Å². The molecule has 1 aromatic heterocycles. The van der Waals surface area contributed by atoms with Crippen LogP contribution in [0.15, 0.2) is 36.4 Å². The Kier molecular flexibility index (Phi) is 3.75. The van der Waals surface area contributed by atoms with Gasteiger partial charge in [-0.2, -0.15) is 0 Å². The molecule has 2 aromatic rings. The molecule has 0 saturated heterocycles. The van der Waals surface area contributed by atoms with E-state index >= 15 is 0 Å². The van der Waals surface area contributed by atoms with E-state index in [9.17, 15) is 4.79 Å². The molecule has 19 heavy (non-hydrogen) atoms. The largest absolute Gasteiger partial charge is 0.452 e. The van der Waals surface area contributed by atoms with E-state index in [1.165, 1.54) is 12.0 Å². The second-order valence-corrected chi connectivity index (χ2v) is 4.09. The van der Waals surface area contributed by atoms with E-state index in [1.54, 1.807) is 12.1 Å². The average molecular weight is 257 g/mol. The second-order valence-electron chi connectivity index (χ2n) is 4.09. The predicted molar refractivity (Wildman–Crippen MR) is 72.5 cm³/mol. The number of benzene rings is 1. The molecule has 0 bridgehead atoms. The van der Waals surface area contributed by atoms with Crippen molar-refractivity contribution < 1.29 is 9.53 Å². The van der Waals surface area contributed by atoms with E-state index in [0.717, 1.165) is 11.4 Å². The van der Waals surface area contributed by atoms with Gasteiger partial charge in [0.2, 0.25) is 5.95 Å². The lowest BCUT2D eigenvalue weighted by molar-refractivity contribution is 0.181. The van der Waals surface area contributed by atoms with Crippen molar-refractivity contribution in [1.82, 2.24) is 9.97 Å². The molecular weight excluding hydrogens is 242 g/mol. The van der Waals surface area contributed by atoms with Crippen molar-refractivity contribution in [1.29, 1.82) is 0 Å². The molecule has 0 aliphatic carbocycles. The van der Waals surface area contributed by atoms with Crippen molar-refractivity contribution in [2.75, 3.05) is 12.0 Å². The van der Waals surface area contributed by atoms with Gasteiger partial charge in [-0.15, -0.1) is 0 Å². The van der Waals surface area contributed by atoms with Crippen molar-refractivity contribution in [2.45, 2.75) is 13.8 Å². The Hall–Kier alpha value is -2.43. The Labute approximate surface area is 111 Å². The van der Waals surface area contributed by atoms with Crippen LogP contribution in [0.3, 0.4) is 0 Å². The highest BCUT2D eigenvalue weighted by molar-refractivity contribution is 5.93. The maximum Gasteiger partial charge on any atom is 0.421 e. The van der Waals surface area contributed by atoms with Crippen LogP contribution in [0.1, 0.15) is 11.4 Å². The van der Waals surface area contributed by atoms with E-state index in [-0.39, 0.29) is 0 Å². The van der Waals surface area contributed by atoms with Gasteiger partial charge in [-0.3, -0.25) is 0 Å². The molecule has 2 rings (SSSR count). The molecule has 0 radical (unpaired) electrons. The number of hydrogen-bond acceptors (Lipinski definition) is 4. The van der Waals surface area contributed by atoms with Crippen LogP contribution in [0.2, 0.25) is 0 Å². The van der Waals surface area contributed by atoms with Crippen LogP contribution in [0.25, 0.3) is 0 Å². The zero-order chi connectivity index (χ0) is 13.8. The SMILES string of the molecule is COC(=O)N(c1ccccc1)c1nc(C)cc(C)n1. The highest BCUT2D eigenvalue weighted by Crippen LogP contribution is 2.23. The molecule has 1 aromatic carbocycles. The average Bonchev–Trinajstić information content (AvgIpc) is 2.39. The summed E-state index contributed by atoms with van der Waals surface area (Å²) in [6, 6.07) is 11.0. The van der Waals surface area contributed by atoms with Crippen LogP contribution in [0.4, 0.5) is 16.4 Å². The Morgan fingerprint density at radius 2 is 1.68 bits per heavy atom. The Balaban J connectivity index is 2.52. The van der Waals surface area contributed by atoms with Crippen LogP contribution in [-0.4, -0.2) is 23.2 Å². The molecule has 98 valence electrons. The van der Waals surface area contributed by atoms with Crippen molar-refractivity contribution in [2.24, 2.45) is 0 Å². The van der Waals surface area contributed by atoms with E-state index in [2.05, 4.69) is 9.97 Å². The summed E-state index contributed by atoms with van der Waals surface area (Å²) in [7, 11) is 1.33. The topological polar surface area (TPSA) is 55.3 Å². The minimum absolute atomic E-state index is 0.315. The first kappa shape index (κ1) is 13.0. The number of rotatable bonds is 2. The minimum Gasteiger partial charge on any atom is -0.452 e. The summed E-state index contributed by atoms with van der Waals surface area (Å²) in [6.07, 6.45) is -0.517. The number of ether oxygens (including phenoxy) is 1.